The van der Waals surface area contributed by atoms with Crippen LogP contribution in [-0.2, 0) is 6.54 Å². The van der Waals surface area contributed by atoms with Crippen LogP contribution in [0.25, 0.3) is 0 Å². The van der Waals surface area contributed by atoms with E-state index in [1.165, 1.54) is 11.2 Å². The standard InChI is InChI=1S/C12H11N3O5/c1-14(7-8-3-2-6-20-8)11-10(15(18)19)5-4-9(13-11)12(16)17/h2-6H,7H2,1H3,(H,16,17). The van der Waals surface area contributed by atoms with Gasteiger partial charge in [0.2, 0.25) is 5.82 Å². The quantitative estimate of drug-likeness (QED) is 0.656. The van der Waals surface area contributed by atoms with Gasteiger partial charge in [-0.3, -0.25) is 10.1 Å². The van der Waals surface area contributed by atoms with Crippen LogP contribution in [0.2, 0.25) is 0 Å². The van der Waals surface area contributed by atoms with Gasteiger partial charge in [0.15, 0.2) is 5.69 Å². The van der Waals surface area contributed by atoms with E-state index >= 15 is 0 Å². The van der Waals surface area contributed by atoms with Gasteiger partial charge in [-0.05, 0) is 18.2 Å². The first-order valence-corrected chi connectivity index (χ1v) is 5.61. The second kappa shape index (κ2) is 5.39. The van der Waals surface area contributed by atoms with Gasteiger partial charge < -0.3 is 14.4 Å². The summed E-state index contributed by atoms with van der Waals surface area (Å²) in [5.74, 6) is -0.678. The van der Waals surface area contributed by atoms with E-state index in [0.29, 0.717) is 5.76 Å². The van der Waals surface area contributed by atoms with Crippen molar-refractivity contribution in [3.8, 4) is 0 Å². The summed E-state index contributed by atoms with van der Waals surface area (Å²) >= 11 is 0. The lowest BCUT2D eigenvalue weighted by atomic mass is 10.3. The first kappa shape index (κ1) is 13.5. The molecule has 0 aromatic carbocycles. The second-order valence-corrected chi connectivity index (χ2v) is 4.04. The number of anilines is 1. The Balaban J connectivity index is 2.38. The lowest BCUT2D eigenvalue weighted by Crippen LogP contribution is -2.20. The zero-order valence-corrected chi connectivity index (χ0v) is 10.5. The summed E-state index contributed by atoms with van der Waals surface area (Å²) in [5.41, 5.74) is -0.513. The topological polar surface area (TPSA) is 110 Å². The Kier molecular flexibility index (Phi) is 3.65. The molecule has 8 heteroatoms. The Hall–Kier alpha value is -2.90. The first-order chi connectivity index (χ1) is 9.49. The van der Waals surface area contributed by atoms with Gasteiger partial charge in [0.05, 0.1) is 17.7 Å². The molecule has 0 saturated heterocycles. The third kappa shape index (κ3) is 2.74. The molecule has 104 valence electrons. The number of carboxylic acid groups (broad SMARTS) is 1. The number of carboxylic acids is 1. The summed E-state index contributed by atoms with van der Waals surface area (Å²) < 4.78 is 5.15. The molecule has 0 amide bonds. The first-order valence-electron chi connectivity index (χ1n) is 5.61. The van der Waals surface area contributed by atoms with E-state index in [-0.39, 0.29) is 23.7 Å². The molecule has 2 aromatic heterocycles. The molecule has 0 atom stereocenters. The zero-order valence-electron chi connectivity index (χ0n) is 10.5. The van der Waals surface area contributed by atoms with Crippen molar-refractivity contribution in [1.82, 2.24) is 4.98 Å². The normalized spacial score (nSPS) is 10.2. The van der Waals surface area contributed by atoms with E-state index in [4.69, 9.17) is 9.52 Å². The van der Waals surface area contributed by atoms with Gasteiger partial charge in [-0.15, -0.1) is 0 Å². The maximum atomic E-state index is 11.0. The summed E-state index contributed by atoms with van der Waals surface area (Å²) in [6.07, 6.45) is 1.48. The Morgan fingerprint density at radius 2 is 2.25 bits per heavy atom. The number of hydrogen-bond acceptors (Lipinski definition) is 6. The van der Waals surface area contributed by atoms with Crippen LogP contribution in [0.15, 0.2) is 34.9 Å². The van der Waals surface area contributed by atoms with Crippen molar-refractivity contribution in [3.05, 3.63) is 52.1 Å². The third-order valence-electron chi connectivity index (χ3n) is 2.61. The number of carbonyl (C=O) groups is 1. The Morgan fingerprint density at radius 3 is 2.80 bits per heavy atom. The van der Waals surface area contributed by atoms with Crippen molar-refractivity contribution in [2.24, 2.45) is 0 Å². The molecule has 0 unspecified atom stereocenters. The molecule has 0 aliphatic rings. The van der Waals surface area contributed by atoms with Crippen LogP contribution in [0.4, 0.5) is 11.5 Å². The van der Waals surface area contributed by atoms with Crippen molar-refractivity contribution < 1.29 is 19.2 Å². The van der Waals surface area contributed by atoms with E-state index in [0.717, 1.165) is 12.1 Å². The highest BCUT2D eigenvalue weighted by Gasteiger charge is 2.22. The summed E-state index contributed by atoms with van der Waals surface area (Å²) in [6.45, 7) is 0.240. The van der Waals surface area contributed by atoms with Crippen LogP contribution < -0.4 is 4.90 Å². The Labute approximate surface area is 113 Å². The summed E-state index contributed by atoms with van der Waals surface area (Å²) in [6, 6.07) is 5.64. The highest BCUT2D eigenvalue weighted by molar-refractivity contribution is 5.86. The predicted molar refractivity (Wildman–Crippen MR) is 68.7 cm³/mol. The minimum absolute atomic E-state index is 0.0219. The molecule has 2 heterocycles. The van der Waals surface area contributed by atoms with Crippen LogP contribution in [0, 0.1) is 10.1 Å². The second-order valence-electron chi connectivity index (χ2n) is 4.04. The molecular formula is C12H11N3O5. The van der Waals surface area contributed by atoms with Crippen molar-refractivity contribution in [3.63, 3.8) is 0 Å². The lowest BCUT2D eigenvalue weighted by molar-refractivity contribution is -0.384. The fourth-order valence-corrected chi connectivity index (χ4v) is 1.69. The molecule has 0 spiro atoms. The van der Waals surface area contributed by atoms with Gasteiger partial charge in [0.1, 0.15) is 5.76 Å². The number of aromatic nitrogens is 1. The number of nitro groups is 1. The van der Waals surface area contributed by atoms with E-state index in [2.05, 4.69) is 4.98 Å². The van der Waals surface area contributed by atoms with E-state index in [1.807, 2.05) is 0 Å². The molecular weight excluding hydrogens is 266 g/mol. The van der Waals surface area contributed by atoms with Crippen molar-refractivity contribution in [2.45, 2.75) is 6.54 Å². The molecule has 0 aliphatic carbocycles. The predicted octanol–water partition coefficient (Wildman–Crippen LogP) is 1.92. The maximum Gasteiger partial charge on any atom is 0.354 e. The number of furan rings is 1. The largest absolute Gasteiger partial charge is 0.477 e. The molecule has 8 nitrogen and oxygen atoms in total. The maximum absolute atomic E-state index is 11.0. The van der Waals surface area contributed by atoms with Crippen LogP contribution in [0.5, 0.6) is 0 Å². The summed E-state index contributed by atoms with van der Waals surface area (Å²) in [7, 11) is 1.57. The fraction of sp³-hybridized carbons (Fsp3) is 0.167. The average Bonchev–Trinajstić information content (AvgIpc) is 2.90. The molecule has 2 rings (SSSR count). The fourth-order valence-electron chi connectivity index (χ4n) is 1.69. The van der Waals surface area contributed by atoms with E-state index in [9.17, 15) is 14.9 Å². The zero-order chi connectivity index (χ0) is 14.7. The van der Waals surface area contributed by atoms with Crippen molar-refractivity contribution in [2.75, 3.05) is 11.9 Å². The highest BCUT2D eigenvalue weighted by Crippen LogP contribution is 2.26. The van der Waals surface area contributed by atoms with Crippen LogP contribution in [-0.4, -0.2) is 28.0 Å². The molecule has 0 fully saturated rings. The molecule has 1 N–H and O–H groups in total. The van der Waals surface area contributed by atoms with Crippen LogP contribution in [0.1, 0.15) is 16.2 Å². The minimum Gasteiger partial charge on any atom is -0.477 e. The van der Waals surface area contributed by atoms with Crippen molar-refractivity contribution >= 4 is 17.5 Å². The summed E-state index contributed by atoms with van der Waals surface area (Å²) in [4.78, 5) is 26.6. The number of hydrogen-bond donors (Lipinski definition) is 1. The molecule has 0 saturated carbocycles. The number of pyridine rings is 1. The Bertz CT molecular complexity index is 639. The van der Waals surface area contributed by atoms with E-state index < -0.39 is 10.9 Å². The molecule has 0 radical (unpaired) electrons. The molecule has 0 bridgehead atoms. The highest BCUT2D eigenvalue weighted by atomic mass is 16.6. The average molecular weight is 277 g/mol. The van der Waals surface area contributed by atoms with Gasteiger partial charge in [-0.25, -0.2) is 9.78 Å². The molecule has 20 heavy (non-hydrogen) atoms. The number of aromatic carboxylic acids is 1. The van der Waals surface area contributed by atoms with Gasteiger partial charge in [0.25, 0.3) is 0 Å². The van der Waals surface area contributed by atoms with Gasteiger partial charge in [-0.2, -0.15) is 0 Å². The SMILES string of the molecule is CN(Cc1ccco1)c1nc(C(=O)O)ccc1[N+](=O)[O-]. The monoisotopic (exact) mass is 277 g/mol. The van der Waals surface area contributed by atoms with Crippen LogP contribution in [0.3, 0.4) is 0 Å². The molecule has 2 aromatic rings. The van der Waals surface area contributed by atoms with Gasteiger partial charge in [0, 0.05) is 13.1 Å². The summed E-state index contributed by atoms with van der Waals surface area (Å²) in [5, 5.41) is 19.9. The third-order valence-corrected chi connectivity index (χ3v) is 2.61. The smallest absolute Gasteiger partial charge is 0.354 e. The van der Waals surface area contributed by atoms with E-state index in [1.54, 1.807) is 19.2 Å². The Morgan fingerprint density at radius 1 is 1.50 bits per heavy atom. The number of nitrogens with zero attached hydrogens (tertiary/aromatic N) is 3. The minimum atomic E-state index is -1.24. The number of rotatable bonds is 5. The van der Waals surface area contributed by atoms with Crippen molar-refractivity contribution in [1.29, 1.82) is 0 Å². The molecule has 0 aliphatic heterocycles. The van der Waals surface area contributed by atoms with Gasteiger partial charge >= 0.3 is 11.7 Å². The lowest BCUT2D eigenvalue weighted by Gasteiger charge is -2.16. The van der Waals surface area contributed by atoms with Gasteiger partial charge in [-0.1, -0.05) is 0 Å². The van der Waals surface area contributed by atoms with Crippen LogP contribution >= 0.6 is 0 Å².